The highest BCUT2D eigenvalue weighted by molar-refractivity contribution is 5.89. The monoisotopic (exact) mass is 428 g/mol. The molecule has 0 spiro atoms. The Kier molecular flexibility index (Phi) is 4.17. The molecule has 0 aromatic heterocycles. The summed E-state index contributed by atoms with van der Waals surface area (Å²) in [6.45, 7) is 1.79. The van der Waals surface area contributed by atoms with Crippen molar-refractivity contribution in [3.05, 3.63) is 0 Å². The van der Waals surface area contributed by atoms with Crippen LogP contribution < -0.4 is 0 Å². The standard InChI is InChI=1S/C25H36N2O4/c1-30-22-12-6-14-10-26(20(22)18(14)8-12)24(28)16-4-3-5-17(16)25(29)27-11-15-7-13-9-19(15)21(27)23(13)31-2/h12-23H,3-11H2,1-2H3. The van der Waals surface area contributed by atoms with E-state index in [0.29, 0.717) is 35.5 Å². The molecule has 5 saturated carbocycles. The van der Waals surface area contributed by atoms with Crippen LogP contribution in [0.2, 0.25) is 0 Å². The van der Waals surface area contributed by atoms with Gasteiger partial charge >= 0.3 is 0 Å². The van der Waals surface area contributed by atoms with Crippen LogP contribution >= 0.6 is 0 Å². The average molecular weight is 429 g/mol. The molecule has 4 bridgehead atoms. The molecule has 5 aliphatic carbocycles. The Morgan fingerprint density at radius 3 is 1.55 bits per heavy atom. The van der Waals surface area contributed by atoms with Crippen molar-refractivity contribution in [2.45, 2.75) is 69.2 Å². The fourth-order valence-electron chi connectivity index (χ4n) is 9.92. The van der Waals surface area contributed by atoms with E-state index in [-0.39, 0.29) is 47.9 Å². The van der Waals surface area contributed by atoms with Crippen LogP contribution in [-0.4, -0.2) is 73.2 Å². The summed E-state index contributed by atoms with van der Waals surface area (Å²) in [5.41, 5.74) is 0. The summed E-state index contributed by atoms with van der Waals surface area (Å²) in [5.74, 6) is 4.09. The lowest BCUT2D eigenvalue weighted by Gasteiger charge is -2.36. The van der Waals surface area contributed by atoms with Crippen LogP contribution in [0, 0.1) is 47.3 Å². The van der Waals surface area contributed by atoms with Crippen molar-refractivity contribution >= 4 is 11.8 Å². The third-order valence-electron chi connectivity index (χ3n) is 10.9. The molecule has 0 radical (unpaired) electrons. The van der Waals surface area contributed by atoms with Gasteiger partial charge in [-0.25, -0.2) is 0 Å². The lowest BCUT2D eigenvalue weighted by molar-refractivity contribution is -0.148. The fraction of sp³-hybridized carbons (Fsp3) is 0.920. The molecular formula is C25H36N2O4. The maximum Gasteiger partial charge on any atom is 0.226 e. The lowest BCUT2D eigenvalue weighted by atomic mass is 9.87. The molecule has 0 aromatic carbocycles. The first-order chi connectivity index (χ1) is 15.1. The van der Waals surface area contributed by atoms with Gasteiger partial charge in [0.15, 0.2) is 0 Å². The molecule has 7 aliphatic rings. The number of likely N-dealkylation sites (tertiary alicyclic amines) is 2. The number of fused-ring (bicyclic) bond motifs is 2. The van der Waals surface area contributed by atoms with Crippen LogP contribution in [0.3, 0.4) is 0 Å². The normalized spacial score (nSPS) is 53.4. The van der Waals surface area contributed by atoms with Gasteiger partial charge in [0.25, 0.3) is 0 Å². The van der Waals surface area contributed by atoms with Crippen LogP contribution in [0.25, 0.3) is 0 Å². The van der Waals surface area contributed by atoms with Crippen LogP contribution in [-0.2, 0) is 19.1 Å². The van der Waals surface area contributed by atoms with Gasteiger partial charge in [-0.15, -0.1) is 0 Å². The average Bonchev–Trinajstić information content (AvgIpc) is 3.57. The number of amides is 2. The minimum absolute atomic E-state index is 0.127. The molecule has 0 aromatic rings. The molecule has 12 unspecified atom stereocenters. The van der Waals surface area contributed by atoms with Crippen LogP contribution in [0.15, 0.2) is 0 Å². The second-order valence-electron chi connectivity index (χ2n) is 11.8. The van der Waals surface area contributed by atoms with Crippen molar-refractivity contribution in [2.24, 2.45) is 47.3 Å². The van der Waals surface area contributed by atoms with E-state index >= 15 is 0 Å². The van der Waals surface area contributed by atoms with E-state index in [1.54, 1.807) is 0 Å². The highest BCUT2D eigenvalue weighted by Crippen LogP contribution is 2.58. The number of carbonyl (C=O) groups excluding carboxylic acids is 2. The highest BCUT2D eigenvalue weighted by Gasteiger charge is 2.63. The summed E-state index contributed by atoms with van der Waals surface area (Å²) in [7, 11) is 3.62. The van der Waals surface area contributed by atoms with Crippen molar-refractivity contribution < 1.29 is 19.1 Å². The number of nitrogens with zero attached hydrogens (tertiary/aromatic N) is 2. The molecule has 2 heterocycles. The molecule has 7 rings (SSSR count). The first kappa shape index (κ1) is 19.3. The van der Waals surface area contributed by atoms with E-state index in [2.05, 4.69) is 9.80 Å². The van der Waals surface area contributed by atoms with Gasteiger partial charge in [0.1, 0.15) is 0 Å². The Morgan fingerprint density at radius 1 is 0.677 bits per heavy atom. The second-order valence-corrected chi connectivity index (χ2v) is 11.8. The molecular weight excluding hydrogens is 392 g/mol. The summed E-state index contributed by atoms with van der Waals surface area (Å²) < 4.78 is 11.8. The number of hydrogen-bond acceptors (Lipinski definition) is 4. The molecule has 6 heteroatoms. The van der Waals surface area contributed by atoms with E-state index in [1.165, 1.54) is 25.7 Å². The highest BCUT2D eigenvalue weighted by atomic mass is 16.5. The predicted molar refractivity (Wildman–Crippen MR) is 113 cm³/mol. The molecule has 0 N–H and O–H groups in total. The van der Waals surface area contributed by atoms with Crippen LogP contribution in [0.5, 0.6) is 0 Å². The van der Waals surface area contributed by atoms with Crippen molar-refractivity contribution in [1.29, 1.82) is 0 Å². The van der Waals surface area contributed by atoms with Crippen molar-refractivity contribution in [3.8, 4) is 0 Å². The predicted octanol–water partition coefficient (Wildman–Crippen LogP) is 2.17. The number of carbonyl (C=O) groups is 2. The summed E-state index contributed by atoms with van der Waals surface area (Å²) in [6.07, 6.45) is 8.03. The summed E-state index contributed by atoms with van der Waals surface area (Å²) in [5, 5.41) is 0. The summed E-state index contributed by atoms with van der Waals surface area (Å²) in [6, 6.07) is 0.516. The van der Waals surface area contributed by atoms with Gasteiger partial charge in [-0.1, -0.05) is 6.42 Å². The maximum atomic E-state index is 13.8. The quantitative estimate of drug-likeness (QED) is 0.689. The Hall–Kier alpha value is -1.14. The molecule has 31 heavy (non-hydrogen) atoms. The van der Waals surface area contributed by atoms with Gasteiger partial charge in [-0.3, -0.25) is 9.59 Å². The summed E-state index contributed by atoms with van der Waals surface area (Å²) >= 11 is 0. The third kappa shape index (κ3) is 2.41. The Labute approximate surface area is 185 Å². The van der Waals surface area contributed by atoms with E-state index in [1.807, 2.05) is 14.2 Å². The Balaban J connectivity index is 1.12. The van der Waals surface area contributed by atoms with E-state index in [0.717, 1.165) is 32.4 Å². The molecule has 12 atom stereocenters. The third-order valence-corrected chi connectivity index (χ3v) is 10.9. The maximum absolute atomic E-state index is 13.8. The lowest BCUT2D eigenvalue weighted by Crippen LogP contribution is -2.51. The molecule has 170 valence electrons. The molecule has 2 saturated heterocycles. The van der Waals surface area contributed by atoms with E-state index < -0.39 is 0 Å². The zero-order chi connectivity index (χ0) is 21.0. The SMILES string of the molecule is COC1C2CC3CN(C(=O)C4CCCC4C(=O)N4CC5CC6CC5C4C6OC)C1C3C2. The molecule has 6 nitrogen and oxygen atoms in total. The second kappa shape index (κ2) is 6.69. The minimum Gasteiger partial charge on any atom is -0.379 e. The Morgan fingerprint density at radius 2 is 1.13 bits per heavy atom. The van der Waals surface area contributed by atoms with Gasteiger partial charge < -0.3 is 19.3 Å². The van der Waals surface area contributed by atoms with Crippen molar-refractivity contribution in [1.82, 2.24) is 9.80 Å². The zero-order valence-corrected chi connectivity index (χ0v) is 18.8. The van der Waals surface area contributed by atoms with E-state index in [4.69, 9.17) is 9.47 Å². The van der Waals surface area contributed by atoms with Crippen LogP contribution in [0.1, 0.15) is 44.9 Å². The van der Waals surface area contributed by atoms with Gasteiger partial charge in [0.05, 0.1) is 24.3 Å². The minimum atomic E-state index is -0.127. The van der Waals surface area contributed by atoms with E-state index in [9.17, 15) is 9.59 Å². The first-order valence-corrected chi connectivity index (χ1v) is 12.8. The first-order valence-electron chi connectivity index (χ1n) is 12.8. The van der Waals surface area contributed by atoms with Crippen LogP contribution in [0.4, 0.5) is 0 Å². The smallest absolute Gasteiger partial charge is 0.226 e. The molecule has 7 fully saturated rings. The number of hydrogen-bond donors (Lipinski definition) is 0. The number of ether oxygens (including phenoxy) is 2. The van der Waals surface area contributed by atoms with Gasteiger partial charge in [0, 0.05) is 39.1 Å². The number of methoxy groups -OCH3 is 2. The molecule has 2 aliphatic heterocycles. The van der Waals surface area contributed by atoms with Gasteiger partial charge in [0.2, 0.25) is 11.8 Å². The molecule has 2 amide bonds. The fourth-order valence-corrected chi connectivity index (χ4v) is 9.92. The summed E-state index contributed by atoms with van der Waals surface area (Å²) in [4.78, 5) is 32.0. The van der Waals surface area contributed by atoms with Gasteiger partial charge in [-0.2, -0.15) is 0 Å². The van der Waals surface area contributed by atoms with Crippen molar-refractivity contribution in [2.75, 3.05) is 27.3 Å². The zero-order valence-electron chi connectivity index (χ0n) is 18.8. The largest absolute Gasteiger partial charge is 0.379 e. The Bertz CT molecular complexity index is 734. The van der Waals surface area contributed by atoms with Crippen molar-refractivity contribution in [3.63, 3.8) is 0 Å². The van der Waals surface area contributed by atoms with Gasteiger partial charge in [-0.05, 0) is 74.0 Å². The topological polar surface area (TPSA) is 59.1 Å². The number of rotatable bonds is 4.